The average Bonchev–Trinajstić information content (AvgIpc) is 3.13. The van der Waals surface area contributed by atoms with Crippen LogP contribution < -0.4 is 22.1 Å². The van der Waals surface area contributed by atoms with Crippen LogP contribution in [-0.4, -0.2) is 0 Å². The van der Waals surface area contributed by atoms with Crippen molar-refractivity contribution < 1.29 is 8.78 Å². The summed E-state index contributed by atoms with van der Waals surface area (Å²) in [4.78, 5) is 0. The maximum Gasteiger partial charge on any atom is 0.134 e. The van der Waals surface area contributed by atoms with E-state index in [2.05, 4.69) is 111 Å². The van der Waals surface area contributed by atoms with Gasteiger partial charge in [0.2, 0.25) is 0 Å². The normalized spacial score (nSPS) is 11.2. The molecular weight excluding hydrogens is 659 g/mol. The van der Waals surface area contributed by atoms with Gasteiger partial charge >= 0.3 is 0 Å². The largest absolute Gasteiger partial charge is 0.405 e. The van der Waals surface area contributed by atoms with Crippen LogP contribution in [0.15, 0.2) is 117 Å². The van der Waals surface area contributed by atoms with Crippen molar-refractivity contribution in [2.75, 3.05) is 11.1 Å². The van der Waals surface area contributed by atoms with Crippen molar-refractivity contribution in [1.29, 1.82) is 0 Å². The van der Waals surface area contributed by atoms with E-state index in [1.54, 1.807) is 13.1 Å². The molecule has 4 nitrogen and oxygen atoms in total. The Morgan fingerprint density at radius 3 is 2.04 bits per heavy atom. The van der Waals surface area contributed by atoms with Crippen molar-refractivity contribution in [2.45, 2.75) is 106 Å². The smallest absolute Gasteiger partial charge is 0.134 e. The van der Waals surface area contributed by atoms with Crippen molar-refractivity contribution in [3.05, 3.63) is 167 Å². The minimum Gasteiger partial charge on any atom is -0.405 e. The standard InChI is InChI=1S/C28H32F2N2.C13H21N.C4H8.C2H5N/c1-5-21(15-22-9-7-8-10-24(22)17-31-6-2)23-13-11-19(3)27(16-23)32-18-25-26(29)14-12-20(4)28(25)30;1-3-4-5-11(2)10-12-6-8-13(14)9-7-12;1-4(2)3;1-2-3/h6-14,16,21,31-32H,2,5,15,17-18H2,1,3-4H3;6-9,11H,3-5,10,14H2,1-2H3;1H2,2-3H3;2H,1,3H2. The fraction of sp³-hybridized carbons (Fsp3) is 0.362. The average molecular weight is 725 g/mol. The van der Waals surface area contributed by atoms with Crippen LogP contribution in [0.1, 0.15) is 105 Å². The molecule has 0 fully saturated rings. The summed E-state index contributed by atoms with van der Waals surface area (Å²) in [5.41, 5.74) is 20.0. The van der Waals surface area contributed by atoms with E-state index in [1.807, 2.05) is 32.9 Å². The summed E-state index contributed by atoms with van der Waals surface area (Å²) in [6.45, 7) is 25.7. The summed E-state index contributed by atoms with van der Waals surface area (Å²) in [7, 11) is 0. The fourth-order valence-electron chi connectivity index (χ4n) is 5.73. The number of allylic oxidation sites excluding steroid dienone is 1. The summed E-state index contributed by atoms with van der Waals surface area (Å²) in [5.74, 6) is 0.125. The number of nitrogens with two attached hydrogens (primary N) is 2. The summed E-state index contributed by atoms with van der Waals surface area (Å²) in [5, 5.41) is 6.45. The highest BCUT2D eigenvalue weighted by molar-refractivity contribution is 5.54. The number of halogens is 2. The molecule has 0 saturated heterocycles. The Labute approximate surface area is 320 Å². The summed E-state index contributed by atoms with van der Waals surface area (Å²) >= 11 is 0. The molecule has 53 heavy (non-hydrogen) atoms. The first-order valence-corrected chi connectivity index (χ1v) is 18.8. The molecule has 0 bridgehead atoms. The molecule has 4 aromatic carbocycles. The van der Waals surface area contributed by atoms with Crippen molar-refractivity contribution in [1.82, 2.24) is 5.32 Å². The van der Waals surface area contributed by atoms with Gasteiger partial charge in [0, 0.05) is 30.0 Å². The number of aryl methyl sites for hydroxylation is 2. The van der Waals surface area contributed by atoms with E-state index in [4.69, 9.17) is 5.73 Å². The predicted octanol–water partition coefficient (Wildman–Crippen LogP) is 12.5. The summed E-state index contributed by atoms with van der Waals surface area (Å²) < 4.78 is 28.6. The zero-order valence-electron chi connectivity index (χ0n) is 33.5. The molecule has 6 N–H and O–H groups in total. The van der Waals surface area contributed by atoms with Crippen LogP contribution in [0.3, 0.4) is 0 Å². The molecule has 2 unspecified atom stereocenters. The number of unbranched alkanes of at least 4 members (excludes halogenated alkanes) is 1. The van der Waals surface area contributed by atoms with Gasteiger partial charge in [0.05, 0.1) is 0 Å². The molecule has 6 heteroatoms. The molecule has 0 heterocycles. The van der Waals surface area contributed by atoms with Gasteiger partial charge in [-0.2, -0.15) is 0 Å². The maximum atomic E-state index is 14.4. The highest BCUT2D eigenvalue weighted by Crippen LogP contribution is 2.30. The van der Waals surface area contributed by atoms with Gasteiger partial charge in [0.15, 0.2) is 0 Å². The van der Waals surface area contributed by atoms with E-state index in [1.165, 1.54) is 71.8 Å². The SMILES string of the molecule is C=C(C)C.C=CN.C=CNCc1ccccc1CC(CC)c1ccc(C)c(NCc2c(F)ccc(C)c2F)c1.CCCCC(C)Cc1ccc(N)cc1. The van der Waals surface area contributed by atoms with Crippen LogP contribution in [0.4, 0.5) is 20.2 Å². The first kappa shape index (κ1) is 46.2. The topological polar surface area (TPSA) is 76.1 Å². The lowest BCUT2D eigenvalue weighted by atomic mass is 9.87. The highest BCUT2D eigenvalue weighted by Gasteiger charge is 2.16. The minimum atomic E-state index is -0.523. The second kappa shape index (κ2) is 26.0. The van der Waals surface area contributed by atoms with Crippen LogP contribution in [-0.2, 0) is 25.9 Å². The molecule has 4 rings (SSSR count). The third kappa shape index (κ3) is 18.0. The quantitative estimate of drug-likeness (QED) is 0.0727. The van der Waals surface area contributed by atoms with E-state index < -0.39 is 11.6 Å². The van der Waals surface area contributed by atoms with Gasteiger partial charge in [-0.05, 0) is 129 Å². The molecule has 0 amide bonds. The highest BCUT2D eigenvalue weighted by atomic mass is 19.1. The second-order valence-electron chi connectivity index (χ2n) is 13.9. The first-order chi connectivity index (χ1) is 25.3. The first-order valence-electron chi connectivity index (χ1n) is 18.8. The lowest BCUT2D eigenvalue weighted by Gasteiger charge is -2.20. The molecule has 0 aliphatic rings. The lowest BCUT2D eigenvalue weighted by Crippen LogP contribution is -2.10. The maximum absolute atomic E-state index is 14.4. The fourth-order valence-corrected chi connectivity index (χ4v) is 5.73. The minimum absolute atomic E-state index is 0.0745. The van der Waals surface area contributed by atoms with Gasteiger partial charge in [-0.25, -0.2) is 8.78 Å². The number of benzene rings is 4. The Morgan fingerprint density at radius 2 is 1.45 bits per heavy atom. The Hall–Kier alpha value is -4.84. The summed E-state index contributed by atoms with van der Waals surface area (Å²) in [6, 6.07) is 25.9. The van der Waals surface area contributed by atoms with Crippen LogP contribution >= 0.6 is 0 Å². The Balaban J connectivity index is 0.000000551. The van der Waals surface area contributed by atoms with Gasteiger partial charge in [0.25, 0.3) is 0 Å². The molecule has 0 aliphatic carbocycles. The van der Waals surface area contributed by atoms with Crippen LogP contribution in [0, 0.1) is 31.4 Å². The van der Waals surface area contributed by atoms with Gasteiger partial charge in [-0.1, -0.05) is 113 Å². The van der Waals surface area contributed by atoms with Gasteiger partial charge in [-0.15, -0.1) is 6.58 Å². The van der Waals surface area contributed by atoms with E-state index >= 15 is 0 Å². The number of hydrogen-bond donors (Lipinski definition) is 4. The number of rotatable bonds is 15. The molecule has 0 spiro atoms. The van der Waals surface area contributed by atoms with Gasteiger partial charge in [-0.3, -0.25) is 0 Å². The number of nitrogens with one attached hydrogen (secondary N) is 2. The van der Waals surface area contributed by atoms with Crippen molar-refractivity contribution in [2.24, 2.45) is 11.7 Å². The zero-order chi connectivity index (χ0) is 39.8. The van der Waals surface area contributed by atoms with E-state index in [-0.39, 0.29) is 12.1 Å². The lowest BCUT2D eigenvalue weighted by molar-refractivity contribution is 0.503. The number of hydrogen-bond acceptors (Lipinski definition) is 4. The van der Waals surface area contributed by atoms with Crippen molar-refractivity contribution in [3.63, 3.8) is 0 Å². The zero-order valence-corrected chi connectivity index (χ0v) is 33.5. The molecule has 288 valence electrons. The molecule has 0 aromatic heterocycles. The molecule has 0 aliphatic heterocycles. The molecular formula is C47H66F2N4. The van der Waals surface area contributed by atoms with E-state index in [9.17, 15) is 8.78 Å². The number of anilines is 2. The Kier molecular flexibility index (Phi) is 22.7. The molecule has 4 aromatic rings. The molecule has 2 atom stereocenters. The predicted molar refractivity (Wildman–Crippen MR) is 228 cm³/mol. The summed E-state index contributed by atoms with van der Waals surface area (Å²) in [6.07, 6.45) is 10.0. The van der Waals surface area contributed by atoms with Crippen LogP contribution in [0.5, 0.6) is 0 Å². The van der Waals surface area contributed by atoms with Crippen LogP contribution in [0.25, 0.3) is 0 Å². The third-order valence-electron chi connectivity index (χ3n) is 8.70. The van der Waals surface area contributed by atoms with Crippen molar-refractivity contribution >= 4 is 11.4 Å². The number of nitrogen functional groups attached to an aromatic ring is 1. The van der Waals surface area contributed by atoms with E-state index in [0.717, 1.165) is 42.2 Å². The van der Waals surface area contributed by atoms with Crippen LogP contribution in [0.2, 0.25) is 0 Å². The van der Waals surface area contributed by atoms with E-state index in [0.29, 0.717) is 11.5 Å². The van der Waals surface area contributed by atoms with Gasteiger partial charge < -0.3 is 22.1 Å². The Morgan fingerprint density at radius 1 is 0.849 bits per heavy atom. The van der Waals surface area contributed by atoms with Crippen molar-refractivity contribution in [3.8, 4) is 0 Å². The van der Waals surface area contributed by atoms with Gasteiger partial charge in [0.1, 0.15) is 11.6 Å². The third-order valence-corrected chi connectivity index (χ3v) is 8.70. The Bertz CT molecular complexity index is 1660. The second-order valence-corrected chi connectivity index (χ2v) is 13.9. The molecule has 0 saturated carbocycles. The monoisotopic (exact) mass is 725 g/mol. The molecule has 0 radical (unpaired) electrons.